The molecule has 0 bridgehead atoms. The van der Waals surface area contributed by atoms with Gasteiger partial charge in [-0.1, -0.05) is 31.1 Å². The molecule has 0 atom stereocenters. The minimum atomic E-state index is -0.00297. The van der Waals surface area contributed by atoms with Gasteiger partial charge in [0.2, 0.25) is 0 Å². The Morgan fingerprint density at radius 1 is 1.14 bits per heavy atom. The van der Waals surface area contributed by atoms with Crippen LogP contribution in [0.2, 0.25) is 0 Å². The molecule has 0 aliphatic heterocycles. The summed E-state index contributed by atoms with van der Waals surface area (Å²) in [4.78, 5) is 17.7. The van der Waals surface area contributed by atoms with Crippen molar-refractivity contribution in [3.05, 3.63) is 52.9 Å². The van der Waals surface area contributed by atoms with Gasteiger partial charge in [-0.15, -0.1) is 0 Å². The van der Waals surface area contributed by atoms with Gasteiger partial charge in [-0.3, -0.25) is 9.79 Å². The number of amides is 1. The topological polar surface area (TPSA) is 82.8 Å². The monoisotopic (exact) mass is 385 g/mol. The number of hydrogen-bond acceptors (Lipinski definition) is 4. The summed E-state index contributed by atoms with van der Waals surface area (Å²) in [6.07, 6.45) is 2.11. The third-order valence-electron chi connectivity index (χ3n) is 4.70. The van der Waals surface area contributed by atoms with E-state index in [0.717, 1.165) is 29.9 Å². The highest BCUT2D eigenvalue weighted by Crippen LogP contribution is 2.22. The lowest BCUT2D eigenvalue weighted by molar-refractivity contribution is 0.0827. The van der Waals surface area contributed by atoms with E-state index in [1.54, 1.807) is 26.0 Å². The van der Waals surface area contributed by atoms with Crippen molar-refractivity contribution in [1.82, 2.24) is 20.7 Å². The molecule has 0 aliphatic carbocycles. The molecule has 0 radical (unpaired) electrons. The van der Waals surface area contributed by atoms with E-state index in [4.69, 9.17) is 4.52 Å². The Morgan fingerprint density at radius 2 is 1.79 bits per heavy atom. The number of aromatic nitrogens is 1. The molecule has 1 amide bonds. The summed E-state index contributed by atoms with van der Waals surface area (Å²) >= 11 is 0. The number of rotatable bonds is 8. The van der Waals surface area contributed by atoms with Crippen LogP contribution in [0.4, 0.5) is 0 Å². The van der Waals surface area contributed by atoms with Crippen molar-refractivity contribution < 1.29 is 9.32 Å². The van der Waals surface area contributed by atoms with Gasteiger partial charge in [-0.05, 0) is 30.5 Å². The zero-order valence-electron chi connectivity index (χ0n) is 17.5. The summed E-state index contributed by atoms with van der Waals surface area (Å²) in [5.41, 5.74) is 2.75. The van der Waals surface area contributed by atoms with Crippen LogP contribution in [0.25, 0.3) is 0 Å². The number of nitrogens with one attached hydrogen (secondary N) is 2. The molecule has 0 aliphatic rings. The summed E-state index contributed by atoms with van der Waals surface area (Å²) in [5, 5.41) is 10.7. The number of carbonyl (C=O) groups is 1. The van der Waals surface area contributed by atoms with Crippen LogP contribution in [0.15, 0.2) is 39.8 Å². The SMILES string of the molecule is CCC(CC)c1cc(CNC(=NC)NCc2ccc(C(=O)N(C)C)cc2)on1. The minimum Gasteiger partial charge on any atom is -0.359 e. The van der Waals surface area contributed by atoms with Gasteiger partial charge in [0, 0.05) is 45.2 Å². The Hall–Kier alpha value is -2.83. The zero-order chi connectivity index (χ0) is 20.5. The van der Waals surface area contributed by atoms with E-state index in [-0.39, 0.29) is 5.91 Å². The van der Waals surface area contributed by atoms with Gasteiger partial charge < -0.3 is 20.1 Å². The van der Waals surface area contributed by atoms with Crippen molar-refractivity contribution >= 4 is 11.9 Å². The van der Waals surface area contributed by atoms with Gasteiger partial charge in [0.05, 0.1) is 12.2 Å². The number of carbonyl (C=O) groups excluding carboxylic acids is 1. The summed E-state index contributed by atoms with van der Waals surface area (Å²) in [6, 6.07) is 9.57. The summed E-state index contributed by atoms with van der Waals surface area (Å²) < 4.78 is 5.43. The first kappa shape index (κ1) is 21.5. The number of guanidine groups is 1. The molecule has 2 rings (SSSR count). The number of aliphatic imine (C=N–C) groups is 1. The van der Waals surface area contributed by atoms with Crippen LogP contribution in [-0.4, -0.2) is 43.1 Å². The third kappa shape index (κ3) is 5.84. The fourth-order valence-electron chi connectivity index (χ4n) is 2.91. The highest BCUT2D eigenvalue weighted by atomic mass is 16.5. The molecule has 152 valence electrons. The first-order valence-corrected chi connectivity index (χ1v) is 9.69. The summed E-state index contributed by atoms with van der Waals surface area (Å²) in [5.74, 6) is 1.90. The Bertz CT molecular complexity index is 776. The Labute approximate surface area is 167 Å². The average Bonchev–Trinajstić information content (AvgIpc) is 3.17. The molecule has 0 spiro atoms. The molecule has 0 saturated carbocycles. The fourth-order valence-corrected chi connectivity index (χ4v) is 2.91. The first-order valence-electron chi connectivity index (χ1n) is 9.69. The van der Waals surface area contributed by atoms with Gasteiger partial charge >= 0.3 is 0 Å². The second-order valence-electron chi connectivity index (χ2n) is 6.91. The quantitative estimate of drug-likeness (QED) is 0.539. The largest absolute Gasteiger partial charge is 0.359 e. The van der Waals surface area contributed by atoms with Crippen LogP contribution < -0.4 is 10.6 Å². The van der Waals surface area contributed by atoms with Crippen molar-refractivity contribution in [2.45, 2.75) is 45.7 Å². The maximum atomic E-state index is 11.9. The molecule has 1 aromatic heterocycles. The fraction of sp³-hybridized carbons (Fsp3) is 0.476. The van der Waals surface area contributed by atoms with Crippen molar-refractivity contribution in [2.75, 3.05) is 21.1 Å². The number of benzene rings is 1. The lowest BCUT2D eigenvalue weighted by Gasteiger charge is -2.12. The van der Waals surface area contributed by atoms with E-state index in [2.05, 4.69) is 34.6 Å². The van der Waals surface area contributed by atoms with Crippen molar-refractivity contribution in [2.24, 2.45) is 4.99 Å². The van der Waals surface area contributed by atoms with Crippen molar-refractivity contribution in [3.63, 3.8) is 0 Å². The normalized spacial score (nSPS) is 11.6. The number of nitrogens with zero attached hydrogens (tertiary/aromatic N) is 3. The molecule has 0 fully saturated rings. The highest BCUT2D eigenvalue weighted by molar-refractivity contribution is 5.93. The molecular formula is C21H31N5O2. The molecule has 2 aromatic rings. The van der Waals surface area contributed by atoms with E-state index in [1.165, 1.54) is 0 Å². The molecule has 1 heterocycles. The predicted molar refractivity (Wildman–Crippen MR) is 111 cm³/mol. The van der Waals surface area contributed by atoms with Crippen molar-refractivity contribution in [1.29, 1.82) is 0 Å². The maximum Gasteiger partial charge on any atom is 0.253 e. The van der Waals surface area contributed by atoms with E-state index < -0.39 is 0 Å². The van der Waals surface area contributed by atoms with Crippen molar-refractivity contribution in [3.8, 4) is 0 Å². The molecule has 28 heavy (non-hydrogen) atoms. The molecule has 7 nitrogen and oxygen atoms in total. The van der Waals surface area contributed by atoms with E-state index in [0.29, 0.717) is 30.5 Å². The Balaban J connectivity index is 1.85. The van der Waals surface area contributed by atoms with Crippen LogP contribution in [0.3, 0.4) is 0 Å². The van der Waals surface area contributed by atoms with Gasteiger partial charge in [-0.25, -0.2) is 0 Å². The first-order chi connectivity index (χ1) is 13.5. The minimum absolute atomic E-state index is 0.00297. The maximum absolute atomic E-state index is 11.9. The van der Waals surface area contributed by atoms with Crippen LogP contribution in [0.5, 0.6) is 0 Å². The molecule has 2 N–H and O–H groups in total. The molecule has 7 heteroatoms. The van der Waals surface area contributed by atoms with Crippen LogP contribution in [-0.2, 0) is 13.1 Å². The summed E-state index contributed by atoms with van der Waals surface area (Å²) in [6.45, 7) is 5.44. The molecule has 0 unspecified atom stereocenters. The van der Waals surface area contributed by atoms with Gasteiger partial charge in [0.1, 0.15) is 0 Å². The average molecular weight is 386 g/mol. The highest BCUT2D eigenvalue weighted by Gasteiger charge is 2.13. The van der Waals surface area contributed by atoms with Crippen LogP contribution in [0.1, 0.15) is 60.0 Å². The van der Waals surface area contributed by atoms with Crippen LogP contribution in [0, 0.1) is 0 Å². The second kappa shape index (κ2) is 10.5. The molecule has 0 saturated heterocycles. The zero-order valence-corrected chi connectivity index (χ0v) is 17.5. The Morgan fingerprint density at radius 3 is 2.36 bits per heavy atom. The Kier molecular flexibility index (Phi) is 8.04. The summed E-state index contributed by atoms with van der Waals surface area (Å²) in [7, 11) is 5.22. The van der Waals surface area contributed by atoms with E-state index in [1.807, 2.05) is 30.3 Å². The van der Waals surface area contributed by atoms with E-state index in [9.17, 15) is 4.79 Å². The van der Waals surface area contributed by atoms with Crippen LogP contribution >= 0.6 is 0 Å². The van der Waals surface area contributed by atoms with Gasteiger partial charge in [0.25, 0.3) is 5.91 Å². The molecular weight excluding hydrogens is 354 g/mol. The number of hydrogen-bond donors (Lipinski definition) is 2. The predicted octanol–water partition coefficient (Wildman–Crippen LogP) is 3.15. The second-order valence-corrected chi connectivity index (χ2v) is 6.91. The lowest BCUT2D eigenvalue weighted by Crippen LogP contribution is -2.36. The van der Waals surface area contributed by atoms with Gasteiger partial charge in [0.15, 0.2) is 11.7 Å². The van der Waals surface area contributed by atoms with E-state index >= 15 is 0 Å². The lowest BCUT2D eigenvalue weighted by atomic mass is 9.99. The molecule has 1 aromatic carbocycles. The smallest absolute Gasteiger partial charge is 0.253 e. The standard InChI is InChI=1S/C21H31N5O2/c1-6-16(7-2)19-12-18(28-25-19)14-24-21(22-3)23-13-15-8-10-17(11-9-15)20(27)26(4)5/h8-12,16H,6-7,13-14H2,1-5H3,(H2,22,23,24). The van der Waals surface area contributed by atoms with Gasteiger partial charge in [-0.2, -0.15) is 0 Å². The third-order valence-corrected chi connectivity index (χ3v) is 4.70.